The normalized spacial score (nSPS) is 17.5. The van der Waals surface area contributed by atoms with Crippen LogP contribution in [0.1, 0.15) is 35.4 Å². The van der Waals surface area contributed by atoms with E-state index in [-0.39, 0.29) is 17.2 Å². The number of hydrogen-bond acceptors (Lipinski definition) is 7. The number of aryl methyl sites for hydroxylation is 2. The minimum Gasteiger partial charge on any atom is -0.507 e. The predicted octanol–water partition coefficient (Wildman–Crippen LogP) is 4.33. The molecule has 3 aromatic rings. The van der Waals surface area contributed by atoms with Gasteiger partial charge in [-0.3, -0.25) is 14.5 Å². The number of aromatic nitrogens is 1. The fourth-order valence-corrected chi connectivity index (χ4v) is 3.95. The Morgan fingerprint density at radius 3 is 2.42 bits per heavy atom. The molecule has 8 nitrogen and oxygen atoms in total. The summed E-state index contributed by atoms with van der Waals surface area (Å²) >= 11 is 0. The molecule has 2 heterocycles. The Morgan fingerprint density at radius 1 is 1.12 bits per heavy atom. The van der Waals surface area contributed by atoms with Crippen molar-refractivity contribution in [2.24, 2.45) is 0 Å². The number of carbonyl (C=O) groups excluding carboxylic acids is 2. The number of nitrogens with zero attached hydrogens (tertiary/aromatic N) is 2. The molecule has 1 saturated heterocycles. The largest absolute Gasteiger partial charge is 0.507 e. The third-order valence-corrected chi connectivity index (χ3v) is 5.48. The number of Topliss-reactive ketones (excluding diaryl/α,β-unsaturated/α-hetero) is 1. The highest BCUT2D eigenvalue weighted by atomic mass is 16.5. The first kappa shape index (κ1) is 22.1. The van der Waals surface area contributed by atoms with E-state index in [2.05, 4.69) is 5.16 Å². The Labute approximate surface area is 191 Å². The van der Waals surface area contributed by atoms with Crippen molar-refractivity contribution >= 4 is 23.3 Å². The number of amides is 1. The second-order valence-electron chi connectivity index (χ2n) is 7.65. The van der Waals surface area contributed by atoms with Gasteiger partial charge in [-0.2, -0.15) is 0 Å². The van der Waals surface area contributed by atoms with Crippen molar-refractivity contribution in [3.8, 4) is 11.5 Å². The standard InChI is InChI=1S/C25H24N2O6/c1-5-32-18-9-6-16(7-10-18)22-21(23(28)17-8-11-19(31-4)14(2)12-17)24(29)25(30)27(22)20-13-15(3)33-26-20/h6-13,22,28H,5H2,1-4H3/t22-/m1/s1. The molecule has 0 bridgehead atoms. The van der Waals surface area contributed by atoms with Gasteiger partial charge in [0.25, 0.3) is 5.78 Å². The van der Waals surface area contributed by atoms with Crippen LogP contribution >= 0.6 is 0 Å². The van der Waals surface area contributed by atoms with E-state index in [1.165, 1.54) is 4.90 Å². The van der Waals surface area contributed by atoms with E-state index >= 15 is 0 Å². The Hall–Kier alpha value is -4.07. The Bertz CT molecular complexity index is 1240. The number of aliphatic hydroxyl groups is 1. The summed E-state index contributed by atoms with van der Waals surface area (Å²) < 4.78 is 15.9. The molecule has 0 spiro atoms. The molecule has 1 aromatic heterocycles. The number of methoxy groups -OCH3 is 1. The molecular weight excluding hydrogens is 424 g/mol. The van der Waals surface area contributed by atoms with E-state index < -0.39 is 17.7 Å². The highest BCUT2D eigenvalue weighted by Gasteiger charge is 2.48. The number of ketones is 1. The summed E-state index contributed by atoms with van der Waals surface area (Å²) in [5.41, 5.74) is 1.76. The summed E-state index contributed by atoms with van der Waals surface area (Å²) in [7, 11) is 1.55. The van der Waals surface area contributed by atoms with Crippen LogP contribution in [0.2, 0.25) is 0 Å². The van der Waals surface area contributed by atoms with E-state index in [4.69, 9.17) is 14.0 Å². The molecule has 8 heteroatoms. The quantitative estimate of drug-likeness (QED) is 0.340. The number of rotatable bonds is 6. The van der Waals surface area contributed by atoms with Gasteiger partial charge in [-0.05, 0) is 62.2 Å². The van der Waals surface area contributed by atoms with Gasteiger partial charge in [-0.15, -0.1) is 0 Å². The third kappa shape index (κ3) is 3.95. The summed E-state index contributed by atoms with van der Waals surface area (Å²) in [4.78, 5) is 27.5. The van der Waals surface area contributed by atoms with E-state index in [9.17, 15) is 14.7 Å². The monoisotopic (exact) mass is 448 g/mol. The number of anilines is 1. The summed E-state index contributed by atoms with van der Waals surface area (Å²) in [5, 5.41) is 15.1. The van der Waals surface area contributed by atoms with Gasteiger partial charge in [0.1, 0.15) is 23.0 Å². The van der Waals surface area contributed by atoms with Crippen LogP contribution in [0, 0.1) is 13.8 Å². The second-order valence-corrected chi connectivity index (χ2v) is 7.65. The van der Waals surface area contributed by atoms with E-state index in [1.54, 1.807) is 62.6 Å². The summed E-state index contributed by atoms with van der Waals surface area (Å²) in [6.07, 6.45) is 0. The first-order chi connectivity index (χ1) is 15.8. The van der Waals surface area contributed by atoms with E-state index in [0.717, 1.165) is 5.56 Å². The van der Waals surface area contributed by atoms with Crippen molar-refractivity contribution in [3.63, 3.8) is 0 Å². The zero-order valence-electron chi connectivity index (χ0n) is 18.8. The zero-order valence-corrected chi connectivity index (χ0v) is 18.8. The lowest BCUT2D eigenvalue weighted by Crippen LogP contribution is -2.29. The lowest BCUT2D eigenvalue weighted by Gasteiger charge is -2.23. The van der Waals surface area contributed by atoms with Crippen molar-refractivity contribution in [2.75, 3.05) is 18.6 Å². The van der Waals surface area contributed by atoms with Crippen molar-refractivity contribution in [1.29, 1.82) is 0 Å². The lowest BCUT2D eigenvalue weighted by molar-refractivity contribution is -0.132. The topological polar surface area (TPSA) is 102 Å². The Kier molecular flexibility index (Phi) is 5.91. The molecular formula is C25H24N2O6. The summed E-state index contributed by atoms with van der Waals surface area (Å²) in [6.45, 7) is 5.91. The third-order valence-electron chi connectivity index (χ3n) is 5.48. The Balaban J connectivity index is 1.89. The first-order valence-corrected chi connectivity index (χ1v) is 10.5. The van der Waals surface area contributed by atoms with Gasteiger partial charge in [-0.25, -0.2) is 0 Å². The van der Waals surface area contributed by atoms with Crippen molar-refractivity contribution < 1.29 is 28.7 Å². The van der Waals surface area contributed by atoms with Crippen LogP contribution in [0.3, 0.4) is 0 Å². The molecule has 0 radical (unpaired) electrons. The molecule has 0 unspecified atom stereocenters. The summed E-state index contributed by atoms with van der Waals surface area (Å²) in [6, 6.07) is 12.8. The van der Waals surface area contributed by atoms with Gasteiger partial charge in [-0.1, -0.05) is 17.3 Å². The molecule has 1 amide bonds. The van der Waals surface area contributed by atoms with E-state index in [1.807, 2.05) is 13.8 Å². The number of aliphatic hydroxyl groups excluding tert-OH is 1. The highest BCUT2D eigenvalue weighted by molar-refractivity contribution is 6.51. The molecule has 1 N–H and O–H groups in total. The molecule has 1 aliphatic rings. The van der Waals surface area contributed by atoms with Crippen molar-refractivity contribution in [1.82, 2.24) is 5.16 Å². The highest BCUT2D eigenvalue weighted by Crippen LogP contribution is 2.42. The second kappa shape index (κ2) is 8.82. The van der Waals surface area contributed by atoms with Crippen LogP contribution in [0.4, 0.5) is 5.82 Å². The van der Waals surface area contributed by atoms with Gasteiger partial charge in [0.15, 0.2) is 5.82 Å². The SMILES string of the molecule is CCOc1ccc([C@@H]2C(=C(O)c3ccc(OC)c(C)c3)C(=O)C(=O)N2c2cc(C)on2)cc1. The maximum absolute atomic E-state index is 13.2. The van der Waals surface area contributed by atoms with Gasteiger partial charge >= 0.3 is 5.91 Å². The molecule has 1 atom stereocenters. The van der Waals surface area contributed by atoms with E-state index in [0.29, 0.717) is 35.0 Å². The maximum Gasteiger partial charge on any atom is 0.301 e. The van der Waals surface area contributed by atoms with Crippen LogP contribution in [0.15, 0.2) is 58.6 Å². The smallest absolute Gasteiger partial charge is 0.301 e. The average molecular weight is 448 g/mol. The van der Waals surface area contributed by atoms with Crippen LogP contribution in [0.25, 0.3) is 5.76 Å². The molecule has 0 saturated carbocycles. The van der Waals surface area contributed by atoms with Crippen LogP contribution < -0.4 is 14.4 Å². The van der Waals surface area contributed by atoms with Gasteiger partial charge < -0.3 is 19.1 Å². The van der Waals surface area contributed by atoms with Gasteiger partial charge in [0.05, 0.1) is 25.3 Å². The molecule has 1 aliphatic heterocycles. The minimum absolute atomic E-state index is 0.0330. The average Bonchev–Trinajstić information content (AvgIpc) is 3.34. The van der Waals surface area contributed by atoms with Crippen molar-refractivity contribution in [3.05, 3.63) is 76.6 Å². The maximum atomic E-state index is 13.2. The molecule has 170 valence electrons. The van der Waals surface area contributed by atoms with Gasteiger partial charge in [0.2, 0.25) is 0 Å². The molecule has 0 aliphatic carbocycles. The molecule has 2 aromatic carbocycles. The van der Waals surface area contributed by atoms with Crippen LogP contribution in [-0.2, 0) is 9.59 Å². The number of benzene rings is 2. The number of hydrogen-bond donors (Lipinski definition) is 1. The molecule has 33 heavy (non-hydrogen) atoms. The lowest BCUT2D eigenvalue weighted by atomic mass is 9.94. The number of ether oxygens (including phenoxy) is 2. The molecule has 4 rings (SSSR count). The van der Waals surface area contributed by atoms with Gasteiger partial charge in [0, 0.05) is 11.6 Å². The minimum atomic E-state index is -0.896. The number of carbonyl (C=O) groups is 2. The van der Waals surface area contributed by atoms with Crippen LogP contribution in [-0.4, -0.2) is 35.7 Å². The fourth-order valence-electron chi connectivity index (χ4n) is 3.95. The first-order valence-electron chi connectivity index (χ1n) is 10.5. The zero-order chi connectivity index (χ0) is 23.7. The van der Waals surface area contributed by atoms with Crippen molar-refractivity contribution in [2.45, 2.75) is 26.8 Å². The predicted molar refractivity (Wildman–Crippen MR) is 121 cm³/mol. The Morgan fingerprint density at radius 2 is 1.85 bits per heavy atom. The fraction of sp³-hybridized carbons (Fsp3) is 0.240. The molecule has 1 fully saturated rings. The summed E-state index contributed by atoms with van der Waals surface area (Å²) in [5.74, 6) is 0.103. The van der Waals surface area contributed by atoms with Crippen LogP contribution in [0.5, 0.6) is 11.5 Å².